The zero-order chi connectivity index (χ0) is 14.4. The Kier molecular flexibility index (Phi) is 8.55. The predicted molar refractivity (Wildman–Crippen MR) is 102 cm³/mol. The number of guanidine groups is 1. The van der Waals surface area contributed by atoms with Crippen molar-refractivity contribution in [3.63, 3.8) is 0 Å². The summed E-state index contributed by atoms with van der Waals surface area (Å²) in [5, 5.41) is 8.12. The van der Waals surface area contributed by atoms with E-state index in [0.29, 0.717) is 6.04 Å². The monoisotopic (exact) mass is 422 g/mol. The lowest BCUT2D eigenvalue weighted by Gasteiger charge is -2.28. The first-order valence-corrected chi connectivity index (χ1v) is 8.37. The standard InChI is InChI=1S/C15H26N4S.HI/c1-11-4-6-13(7-5-11)19-15(16-3)17-9-8-14-18-10-12(2)20-14;/h10-11,13H,4-9H2,1-3H3,(H2,16,17,19);1H. The number of aromatic nitrogens is 1. The number of halogens is 1. The zero-order valence-electron chi connectivity index (χ0n) is 13.2. The molecule has 1 aromatic rings. The Hall–Kier alpha value is -0.370. The highest BCUT2D eigenvalue weighted by molar-refractivity contribution is 14.0. The molecule has 21 heavy (non-hydrogen) atoms. The summed E-state index contributed by atoms with van der Waals surface area (Å²) < 4.78 is 0. The highest BCUT2D eigenvalue weighted by Gasteiger charge is 2.18. The van der Waals surface area contributed by atoms with Crippen LogP contribution in [0.4, 0.5) is 0 Å². The third-order valence-electron chi connectivity index (χ3n) is 3.88. The summed E-state index contributed by atoms with van der Waals surface area (Å²) in [6.45, 7) is 5.33. The molecule has 0 aliphatic heterocycles. The van der Waals surface area contributed by atoms with Crippen LogP contribution in [0.2, 0.25) is 0 Å². The smallest absolute Gasteiger partial charge is 0.191 e. The largest absolute Gasteiger partial charge is 0.356 e. The first-order valence-electron chi connectivity index (χ1n) is 7.56. The molecule has 0 spiro atoms. The van der Waals surface area contributed by atoms with Crippen molar-refractivity contribution in [2.45, 2.75) is 52.0 Å². The van der Waals surface area contributed by atoms with E-state index in [0.717, 1.165) is 24.8 Å². The lowest BCUT2D eigenvalue weighted by molar-refractivity contribution is 0.329. The van der Waals surface area contributed by atoms with Gasteiger partial charge < -0.3 is 10.6 Å². The summed E-state index contributed by atoms with van der Waals surface area (Å²) in [5.41, 5.74) is 0. The first kappa shape index (κ1) is 18.7. The molecule has 0 aromatic carbocycles. The van der Waals surface area contributed by atoms with Crippen molar-refractivity contribution in [2.75, 3.05) is 13.6 Å². The molecule has 6 heteroatoms. The first-order chi connectivity index (χ1) is 9.67. The fourth-order valence-electron chi connectivity index (χ4n) is 2.60. The minimum atomic E-state index is 0. The number of aryl methyl sites for hydroxylation is 1. The van der Waals surface area contributed by atoms with Gasteiger partial charge in [-0.15, -0.1) is 35.3 Å². The van der Waals surface area contributed by atoms with E-state index in [4.69, 9.17) is 0 Å². The summed E-state index contributed by atoms with van der Waals surface area (Å²) in [4.78, 5) is 9.97. The van der Waals surface area contributed by atoms with Crippen LogP contribution in [0.3, 0.4) is 0 Å². The molecule has 0 amide bonds. The Morgan fingerprint density at radius 2 is 2.10 bits per heavy atom. The predicted octanol–water partition coefficient (Wildman–Crippen LogP) is 3.36. The van der Waals surface area contributed by atoms with Crippen molar-refractivity contribution in [2.24, 2.45) is 10.9 Å². The van der Waals surface area contributed by atoms with Crippen LogP contribution in [0.15, 0.2) is 11.2 Å². The minimum Gasteiger partial charge on any atom is -0.356 e. The van der Waals surface area contributed by atoms with E-state index in [1.165, 1.54) is 35.6 Å². The van der Waals surface area contributed by atoms with Crippen molar-refractivity contribution in [1.82, 2.24) is 15.6 Å². The number of hydrogen-bond donors (Lipinski definition) is 2. The second-order valence-corrected chi connectivity index (χ2v) is 7.03. The van der Waals surface area contributed by atoms with Crippen LogP contribution in [-0.4, -0.2) is 30.6 Å². The summed E-state index contributed by atoms with van der Waals surface area (Å²) in [6.07, 6.45) is 8.07. The van der Waals surface area contributed by atoms with Gasteiger partial charge in [0, 0.05) is 37.1 Å². The van der Waals surface area contributed by atoms with Crippen LogP contribution in [-0.2, 0) is 6.42 Å². The number of hydrogen-bond acceptors (Lipinski definition) is 3. The Balaban J connectivity index is 0.00000220. The van der Waals surface area contributed by atoms with Gasteiger partial charge in [0.25, 0.3) is 0 Å². The van der Waals surface area contributed by atoms with E-state index in [9.17, 15) is 0 Å². The van der Waals surface area contributed by atoms with Crippen molar-refractivity contribution in [3.05, 3.63) is 16.1 Å². The summed E-state index contributed by atoms with van der Waals surface area (Å²) in [5.74, 6) is 1.81. The van der Waals surface area contributed by atoms with Gasteiger partial charge in [-0.05, 0) is 38.5 Å². The molecular weight excluding hydrogens is 395 g/mol. The Morgan fingerprint density at radius 3 is 2.67 bits per heavy atom. The summed E-state index contributed by atoms with van der Waals surface area (Å²) >= 11 is 1.77. The molecule has 2 rings (SSSR count). The van der Waals surface area contributed by atoms with Crippen molar-refractivity contribution >= 4 is 41.3 Å². The van der Waals surface area contributed by atoms with Gasteiger partial charge in [-0.3, -0.25) is 4.99 Å². The molecule has 0 bridgehead atoms. The number of nitrogens with zero attached hydrogens (tertiary/aromatic N) is 2. The highest BCUT2D eigenvalue weighted by atomic mass is 127. The molecule has 0 unspecified atom stereocenters. The molecule has 1 aliphatic rings. The van der Waals surface area contributed by atoms with Gasteiger partial charge in [0.1, 0.15) is 0 Å². The van der Waals surface area contributed by atoms with E-state index in [2.05, 4.69) is 34.5 Å². The molecule has 1 fully saturated rings. The van der Waals surface area contributed by atoms with Crippen LogP contribution in [0.1, 0.15) is 42.5 Å². The third-order valence-corrected chi connectivity index (χ3v) is 4.85. The highest BCUT2D eigenvalue weighted by Crippen LogP contribution is 2.23. The average molecular weight is 422 g/mol. The van der Waals surface area contributed by atoms with Gasteiger partial charge in [-0.2, -0.15) is 0 Å². The second kappa shape index (κ2) is 9.61. The molecule has 120 valence electrons. The van der Waals surface area contributed by atoms with Gasteiger partial charge in [0.2, 0.25) is 0 Å². The fourth-order valence-corrected chi connectivity index (χ4v) is 3.38. The van der Waals surface area contributed by atoms with E-state index < -0.39 is 0 Å². The average Bonchev–Trinajstić information content (AvgIpc) is 2.85. The lowest BCUT2D eigenvalue weighted by Crippen LogP contribution is -2.45. The zero-order valence-corrected chi connectivity index (χ0v) is 16.3. The van der Waals surface area contributed by atoms with Gasteiger partial charge in [0.05, 0.1) is 5.01 Å². The van der Waals surface area contributed by atoms with Crippen LogP contribution in [0.25, 0.3) is 0 Å². The van der Waals surface area contributed by atoms with Gasteiger partial charge in [-0.1, -0.05) is 6.92 Å². The minimum absolute atomic E-state index is 0. The molecule has 4 nitrogen and oxygen atoms in total. The van der Waals surface area contributed by atoms with Gasteiger partial charge >= 0.3 is 0 Å². The molecule has 1 heterocycles. The van der Waals surface area contributed by atoms with E-state index in [-0.39, 0.29) is 24.0 Å². The maximum atomic E-state index is 4.38. The topological polar surface area (TPSA) is 49.3 Å². The molecule has 0 radical (unpaired) electrons. The fraction of sp³-hybridized carbons (Fsp3) is 0.733. The SMILES string of the molecule is CN=C(NCCc1ncc(C)s1)NC1CCC(C)CC1.I. The van der Waals surface area contributed by atoms with E-state index in [1.54, 1.807) is 11.3 Å². The quantitative estimate of drug-likeness (QED) is 0.445. The second-order valence-electron chi connectivity index (χ2n) is 5.71. The van der Waals surface area contributed by atoms with Crippen molar-refractivity contribution in [3.8, 4) is 0 Å². The molecule has 1 aliphatic carbocycles. The van der Waals surface area contributed by atoms with E-state index in [1.807, 2.05) is 13.2 Å². The maximum absolute atomic E-state index is 4.38. The number of rotatable bonds is 4. The molecule has 0 saturated heterocycles. The van der Waals surface area contributed by atoms with Crippen LogP contribution >= 0.6 is 35.3 Å². The maximum Gasteiger partial charge on any atom is 0.191 e. The number of nitrogens with one attached hydrogen (secondary N) is 2. The Morgan fingerprint density at radius 1 is 1.38 bits per heavy atom. The number of aliphatic imine (C=N–C) groups is 1. The summed E-state index contributed by atoms with van der Waals surface area (Å²) in [7, 11) is 1.84. The molecule has 2 N–H and O–H groups in total. The number of thiazole rings is 1. The molecule has 0 atom stereocenters. The summed E-state index contributed by atoms with van der Waals surface area (Å²) in [6, 6.07) is 0.583. The van der Waals surface area contributed by atoms with Crippen LogP contribution < -0.4 is 10.6 Å². The van der Waals surface area contributed by atoms with Gasteiger partial charge in [-0.25, -0.2) is 4.98 Å². The van der Waals surface area contributed by atoms with Crippen LogP contribution in [0.5, 0.6) is 0 Å². The molecular formula is C15H27IN4S. The third kappa shape index (κ3) is 6.50. The van der Waals surface area contributed by atoms with E-state index >= 15 is 0 Å². The Labute approximate surface area is 149 Å². The lowest BCUT2D eigenvalue weighted by atomic mass is 9.87. The van der Waals surface area contributed by atoms with Crippen molar-refractivity contribution in [1.29, 1.82) is 0 Å². The molecule has 1 aromatic heterocycles. The normalized spacial score (nSPS) is 22.5. The molecule has 1 saturated carbocycles. The van der Waals surface area contributed by atoms with Crippen molar-refractivity contribution < 1.29 is 0 Å². The van der Waals surface area contributed by atoms with Crippen LogP contribution in [0, 0.1) is 12.8 Å². The Bertz CT molecular complexity index is 439. The van der Waals surface area contributed by atoms with Gasteiger partial charge in [0.15, 0.2) is 5.96 Å².